The molecule has 1 aliphatic rings. The van der Waals surface area contributed by atoms with Gasteiger partial charge in [0.2, 0.25) is 0 Å². The normalized spacial score (nSPS) is 25.7. The Hall–Kier alpha value is -0.0400. The highest BCUT2D eigenvalue weighted by molar-refractivity contribution is 4.78. The van der Waals surface area contributed by atoms with Crippen LogP contribution in [0.2, 0.25) is 0 Å². The molecule has 1 heteroatoms. The Kier molecular flexibility index (Phi) is 4.00. The molecule has 1 fully saturated rings. The minimum atomic E-state index is 0.457. The van der Waals surface area contributed by atoms with Gasteiger partial charge in [-0.1, -0.05) is 34.6 Å². The maximum absolute atomic E-state index is 2.66. The highest BCUT2D eigenvalue weighted by Crippen LogP contribution is 2.26. The molecule has 0 spiro atoms. The molecule has 1 unspecified atom stereocenters. The summed E-state index contributed by atoms with van der Waals surface area (Å²) in [7, 11) is 0. The van der Waals surface area contributed by atoms with Gasteiger partial charge in [-0.3, -0.25) is 0 Å². The first-order chi connectivity index (χ1) is 6.38. The maximum atomic E-state index is 2.66. The van der Waals surface area contributed by atoms with E-state index in [-0.39, 0.29) is 0 Å². The molecule has 14 heavy (non-hydrogen) atoms. The van der Waals surface area contributed by atoms with Crippen LogP contribution in [-0.2, 0) is 0 Å². The van der Waals surface area contributed by atoms with Crippen molar-refractivity contribution in [1.82, 2.24) is 4.90 Å². The summed E-state index contributed by atoms with van der Waals surface area (Å²) in [6.07, 6.45) is 2.84. The van der Waals surface area contributed by atoms with E-state index in [0.29, 0.717) is 5.41 Å². The van der Waals surface area contributed by atoms with E-state index in [9.17, 15) is 0 Å². The van der Waals surface area contributed by atoms with Crippen LogP contribution in [0.25, 0.3) is 0 Å². The van der Waals surface area contributed by atoms with Gasteiger partial charge in [0, 0.05) is 13.1 Å². The second-order valence-electron chi connectivity index (χ2n) is 6.44. The quantitative estimate of drug-likeness (QED) is 0.656. The van der Waals surface area contributed by atoms with Crippen molar-refractivity contribution >= 4 is 0 Å². The molecular formula is C13H27N. The van der Waals surface area contributed by atoms with Crippen LogP contribution in [0.4, 0.5) is 0 Å². The third-order valence-electron chi connectivity index (χ3n) is 3.18. The fraction of sp³-hybridized carbons (Fsp3) is 1.00. The zero-order valence-corrected chi connectivity index (χ0v) is 10.6. The third kappa shape index (κ3) is 4.00. The van der Waals surface area contributed by atoms with E-state index in [1.165, 1.54) is 32.5 Å². The number of rotatable bonds is 2. The molecule has 1 aliphatic heterocycles. The molecule has 0 aromatic carbocycles. The summed E-state index contributed by atoms with van der Waals surface area (Å²) >= 11 is 0. The Morgan fingerprint density at radius 1 is 1.29 bits per heavy atom. The predicted molar refractivity (Wildman–Crippen MR) is 63.5 cm³/mol. The number of hydrogen-bond donors (Lipinski definition) is 0. The highest BCUT2D eigenvalue weighted by Gasteiger charge is 2.24. The van der Waals surface area contributed by atoms with Gasteiger partial charge < -0.3 is 4.90 Å². The van der Waals surface area contributed by atoms with Crippen LogP contribution < -0.4 is 0 Å². The summed E-state index contributed by atoms with van der Waals surface area (Å²) in [6, 6.07) is 0. The Morgan fingerprint density at radius 2 is 1.93 bits per heavy atom. The lowest BCUT2D eigenvalue weighted by molar-refractivity contribution is 0.109. The topological polar surface area (TPSA) is 3.24 Å². The van der Waals surface area contributed by atoms with Crippen LogP contribution in [0.1, 0.15) is 47.5 Å². The average Bonchev–Trinajstić information content (AvgIpc) is 2.01. The Bertz CT molecular complexity index is 167. The number of likely N-dealkylation sites (tertiary alicyclic amines) is 1. The van der Waals surface area contributed by atoms with Gasteiger partial charge in [-0.2, -0.15) is 0 Å². The molecule has 84 valence electrons. The number of piperidine rings is 1. The molecule has 0 saturated carbocycles. The lowest BCUT2D eigenvalue weighted by Gasteiger charge is -2.38. The van der Waals surface area contributed by atoms with Crippen LogP contribution >= 0.6 is 0 Å². The van der Waals surface area contributed by atoms with Crippen LogP contribution in [-0.4, -0.2) is 24.5 Å². The molecule has 1 nitrogen and oxygen atoms in total. The van der Waals surface area contributed by atoms with Crippen molar-refractivity contribution in [3.63, 3.8) is 0 Å². The second-order valence-corrected chi connectivity index (χ2v) is 6.44. The summed E-state index contributed by atoms with van der Waals surface area (Å²) in [5, 5.41) is 0. The predicted octanol–water partition coefficient (Wildman–Crippen LogP) is 3.40. The average molecular weight is 197 g/mol. The molecule has 1 atom stereocenters. The molecule has 0 aromatic heterocycles. The highest BCUT2D eigenvalue weighted by atomic mass is 15.1. The summed E-state index contributed by atoms with van der Waals surface area (Å²) in [6.45, 7) is 15.7. The van der Waals surface area contributed by atoms with E-state index >= 15 is 0 Å². The van der Waals surface area contributed by atoms with Gasteiger partial charge >= 0.3 is 0 Å². The summed E-state index contributed by atoms with van der Waals surface area (Å²) in [5.41, 5.74) is 0.457. The van der Waals surface area contributed by atoms with Crippen molar-refractivity contribution in [2.45, 2.75) is 47.5 Å². The molecular weight excluding hydrogens is 170 g/mol. The molecule has 1 saturated heterocycles. The van der Waals surface area contributed by atoms with E-state index in [1.807, 2.05) is 0 Å². The maximum Gasteiger partial charge on any atom is 0.00302 e. The monoisotopic (exact) mass is 197 g/mol. The van der Waals surface area contributed by atoms with Gasteiger partial charge in [0.15, 0.2) is 0 Å². The van der Waals surface area contributed by atoms with Gasteiger partial charge in [-0.25, -0.2) is 0 Å². The molecule has 1 rings (SSSR count). The SMILES string of the molecule is CC(C)C1CCCN(CC(C)(C)C)C1. The van der Waals surface area contributed by atoms with Crippen LogP contribution in [0, 0.1) is 17.3 Å². The minimum absolute atomic E-state index is 0.457. The molecule has 0 amide bonds. The zero-order chi connectivity index (χ0) is 10.8. The lowest BCUT2D eigenvalue weighted by atomic mass is 9.86. The van der Waals surface area contributed by atoms with Crippen molar-refractivity contribution in [3.8, 4) is 0 Å². The van der Waals surface area contributed by atoms with E-state index in [0.717, 1.165) is 11.8 Å². The van der Waals surface area contributed by atoms with E-state index in [1.54, 1.807) is 0 Å². The standard InChI is InChI=1S/C13H27N/c1-11(2)12-7-6-8-14(9-12)10-13(3,4)5/h11-12H,6-10H2,1-5H3. The first-order valence-electron chi connectivity index (χ1n) is 6.11. The Morgan fingerprint density at radius 3 is 2.43 bits per heavy atom. The molecule has 0 radical (unpaired) electrons. The molecule has 1 heterocycles. The van der Waals surface area contributed by atoms with Gasteiger partial charge in [0.1, 0.15) is 0 Å². The largest absolute Gasteiger partial charge is 0.303 e. The van der Waals surface area contributed by atoms with Gasteiger partial charge in [-0.05, 0) is 36.6 Å². The van der Waals surface area contributed by atoms with E-state index < -0.39 is 0 Å². The van der Waals surface area contributed by atoms with Crippen LogP contribution in [0.5, 0.6) is 0 Å². The number of hydrogen-bond acceptors (Lipinski definition) is 1. The first-order valence-corrected chi connectivity index (χ1v) is 6.11. The van der Waals surface area contributed by atoms with Crippen molar-refractivity contribution in [2.75, 3.05) is 19.6 Å². The van der Waals surface area contributed by atoms with Gasteiger partial charge in [-0.15, -0.1) is 0 Å². The molecule has 0 bridgehead atoms. The Balaban J connectivity index is 2.40. The molecule has 0 aliphatic carbocycles. The Labute approximate surface area is 89.9 Å². The van der Waals surface area contributed by atoms with Crippen molar-refractivity contribution in [2.24, 2.45) is 17.3 Å². The fourth-order valence-electron chi connectivity index (χ4n) is 2.45. The molecule has 0 N–H and O–H groups in total. The minimum Gasteiger partial charge on any atom is -0.303 e. The van der Waals surface area contributed by atoms with Crippen LogP contribution in [0.3, 0.4) is 0 Å². The van der Waals surface area contributed by atoms with E-state index in [4.69, 9.17) is 0 Å². The number of nitrogens with zero attached hydrogens (tertiary/aromatic N) is 1. The van der Waals surface area contributed by atoms with Crippen LogP contribution in [0.15, 0.2) is 0 Å². The van der Waals surface area contributed by atoms with Crippen molar-refractivity contribution < 1.29 is 0 Å². The second kappa shape index (κ2) is 4.65. The molecule has 0 aromatic rings. The lowest BCUT2D eigenvalue weighted by Crippen LogP contribution is -2.41. The fourth-order valence-corrected chi connectivity index (χ4v) is 2.45. The van der Waals surface area contributed by atoms with E-state index in [2.05, 4.69) is 39.5 Å². The summed E-state index contributed by atoms with van der Waals surface area (Å²) in [5.74, 6) is 1.80. The van der Waals surface area contributed by atoms with Crippen molar-refractivity contribution in [1.29, 1.82) is 0 Å². The summed E-state index contributed by atoms with van der Waals surface area (Å²) < 4.78 is 0. The third-order valence-corrected chi connectivity index (χ3v) is 3.18. The van der Waals surface area contributed by atoms with Gasteiger partial charge in [0.25, 0.3) is 0 Å². The first kappa shape index (κ1) is 12.0. The summed E-state index contributed by atoms with van der Waals surface area (Å²) in [4.78, 5) is 2.66. The smallest absolute Gasteiger partial charge is 0.00302 e. The van der Waals surface area contributed by atoms with Crippen molar-refractivity contribution in [3.05, 3.63) is 0 Å². The zero-order valence-electron chi connectivity index (χ0n) is 10.6. The van der Waals surface area contributed by atoms with Gasteiger partial charge in [0.05, 0.1) is 0 Å².